The number of hydrogen-bond acceptors (Lipinski definition) is 3. The Hall–Kier alpha value is -2.63. The van der Waals surface area contributed by atoms with E-state index in [-0.39, 0.29) is 11.3 Å². The molecule has 0 radical (unpaired) electrons. The number of hydrogen-bond donors (Lipinski definition) is 3. The summed E-state index contributed by atoms with van der Waals surface area (Å²) < 4.78 is 0. The van der Waals surface area contributed by atoms with Crippen LogP contribution in [0.4, 0.5) is 5.69 Å². The highest BCUT2D eigenvalue weighted by atomic mass is 16.2. The van der Waals surface area contributed by atoms with E-state index in [1.165, 1.54) is 6.92 Å². The first kappa shape index (κ1) is 11.8. The van der Waals surface area contributed by atoms with Crippen LogP contribution in [0.1, 0.15) is 16.1 Å². The highest BCUT2D eigenvalue weighted by Gasteiger charge is 2.14. The quantitative estimate of drug-likeness (QED) is 0.724. The normalized spacial score (nSPS) is 10.1. The minimum absolute atomic E-state index is 0.0987. The van der Waals surface area contributed by atoms with Gasteiger partial charge in [0.1, 0.15) is 5.56 Å². The molecule has 2 rings (SSSR count). The Morgan fingerprint density at radius 2 is 1.78 bits per heavy atom. The van der Waals surface area contributed by atoms with E-state index in [0.29, 0.717) is 5.69 Å². The number of para-hydroxylation sites is 1. The van der Waals surface area contributed by atoms with Gasteiger partial charge in [-0.15, -0.1) is 0 Å². The van der Waals surface area contributed by atoms with Crippen LogP contribution in [0.5, 0.6) is 0 Å². The average Bonchev–Trinajstić information content (AvgIpc) is 2.28. The third kappa shape index (κ3) is 2.37. The second kappa shape index (κ2) is 4.70. The van der Waals surface area contributed by atoms with E-state index in [0.717, 1.165) is 0 Å². The lowest BCUT2D eigenvalue weighted by Crippen LogP contribution is -2.31. The number of carbonyl (C=O) groups excluding carboxylic acids is 1. The lowest BCUT2D eigenvalue weighted by Gasteiger charge is -2.05. The number of benzene rings is 1. The second-order valence-corrected chi connectivity index (χ2v) is 3.73. The van der Waals surface area contributed by atoms with Gasteiger partial charge in [-0.25, -0.2) is 4.79 Å². The summed E-state index contributed by atoms with van der Waals surface area (Å²) in [4.78, 5) is 38.9. The molecule has 0 saturated carbocycles. The van der Waals surface area contributed by atoms with Crippen LogP contribution >= 0.6 is 0 Å². The van der Waals surface area contributed by atoms with Crippen LogP contribution in [-0.4, -0.2) is 15.9 Å². The summed E-state index contributed by atoms with van der Waals surface area (Å²) in [6.07, 6.45) is 0. The van der Waals surface area contributed by atoms with E-state index in [1.54, 1.807) is 24.3 Å². The van der Waals surface area contributed by atoms with Crippen LogP contribution in [0.3, 0.4) is 0 Å². The van der Waals surface area contributed by atoms with Gasteiger partial charge in [0, 0.05) is 11.4 Å². The minimum Gasteiger partial charge on any atom is -0.322 e. The highest BCUT2D eigenvalue weighted by molar-refractivity contribution is 6.04. The van der Waals surface area contributed by atoms with Gasteiger partial charge in [0.25, 0.3) is 11.5 Å². The van der Waals surface area contributed by atoms with Crippen molar-refractivity contribution in [1.82, 2.24) is 9.97 Å². The molecule has 1 amide bonds. The standard InChI is InChI=1S/C12H11N3O3/c1-7-9(11(17)15-12(18)13-7)10(16)14-8-5-3-2-4-6-8/h2-6H,1H3,(H,14,16)(H2,13,15,17,18). The third-order valence-electron chi connectivity index (χ3n) is 2.39. The third-order valence-corrected chi connectivity index (χ3v) is 2.39. The Balaban J connectivity index is 2.36. The Morgan fingerprint density at radius 3 is 2.39 bits per heavy atom. The molecule has 6 nitrogen and oxygen atoms in total. The number of H-pyrrole nitrogens is 2. The van der Waals surface area contributed by atoms with Crippen molar-refractivity contribution in [2.45, 2.75) is 6.92 Å². The summed E-state index contributed by atoms with van der Waals surface area (Å²) in [5, 5.41) is 2.58. The van der Waals surface area contributed by atoms with Crippen LogP contribution in [0, 0.1) is 6.92 Å². The number of nitrogens with one attached hydrogen (secondary N) is 3. The molecule has 0 bridgehead atoms. The van der Waals surface area contributed by atoms with Gasteiger partial charge in [0.2, 0.25) is 0 Å². The molecule has 0 spiro atoms. The summed E-state index contributed by atoms with van der Waals surface area (Å²) in [5.74, 6) is -0.559. The number of anilines is 1. The topological polar surface area (TPSA) is 94.8 Å². The van der Waals surface area contributed by atoms with Gasteiger partial charge < -0.3 is 10.3 Å². The SMILES string of the molecule is Cc1[nH]c(=O)[nH]c(=O)c1C(=O)Nc1ccccc1. The maximum absolute atomic E-state index is 11.9. The van der Waals surface area contributed by atoms with Crippen LogP contribution in [0.25, 0.3) is 0 Å². The zero-order valence-electron chi connectivity index (χ0n) is 9.61. The van der Waals surface area contributed by atoms with Gasteiger partial charge in [-0.05, 0) is 19.1 Å². The first-order chi connectivity index (χ1) is 8.58. The van der Waals surface area contributed by atoms with Crippen molar-refractivity contribution in [2.24, 2.45) is 0 Å². The van der Waals surface area contributed by atoms with Crippen molar-refractivity contribution in [3.8, 4) is 0 Å². The van der Waals surface area contributed by atoms with Crippen molar-refractivity contribution >= 4 is 11.6 Å². The molecule has 6 heteroatoms. The van der Waals surface area contributed by atoms with Gasteiger partial charge >= 0.3 is 5.69 Å². The van der Waals surface area contributed by atoms with Gasteiger partial charge in [-0.1, -0.05) is 18.2 Å². The monoisotopic (exact) mass is 245 g/mol. The van der Waals surface area contributed by atoms with Crippen LogP contribution in [0.2, 0.25) is 0 Å². The maximum Gasteiger partial charge on any atom is 0.325 e. The second-order valence-electron chi connectivity index (χ2n) is 3.73. The number of aromatic nitrogens is 2. The zero-order chi connectivity index (χ0) is 13.1. The summed E-state index contributed by atoms with van der Waals surface area (Å²) in [7, 11) is 0. The molecule has 2 aromatic rings. The molecular weight excluding hydrogens is 234 g/mol. The van der Waals surface area contributed by atoms with Crippen molar-refractivity contribution in [3.05, 3.63) is 62.4 Å². The van der Waals surface area contributed by atoms with Gasteiger partial charge in [-0.3, -0.25) is 14.6 Å². The summed E-state index contributed by atoms with van der Waals surface area (Å²) in [5.41, 5.74) is -0.624. The number of aryl methyl sites for hydroxylation is 1. The smallest absolute Gasteiger partial charge is 0.322 e. The van der Waals surface area contributed by atoms with E-state index in [9.17, 15) is 14.4 Å². The molecule has 92 valence electrons. The molecule has 0 unspecified atom stereocenters. The van der Waals surface area contributed by atoms with Crippen LogP contribution in [0.15, 0.2) is 39.9 Å². The predicted octanol–water partition coefficient (Wildman–Crippen LogP) is 0.624. The Labute approximate surface area is 102 Å². The molecule has 0 aliphatic heterocycles. The Morgan fingerprint density at radius 1 is 1.11 bits per heavy atom. The van der Waals surface area contributed by atoms with Gasteiger partial charge in [0.05, 0.1) is 0 Å². The number of rotatable bonds is 2. The van der Waals surface area contributed by atoms with Gasteiger partial charge in [0.15, 0.2) is 0 Å². The number of aromatic amines is 2. The number of amides is 1. The Kier molecular flexibility index (Phi) is 3.09. The molecule has 3 N–H and O–H groups in total. The largest absolute Gasteiger partial charge is 0.325 e. The van der Waals surface area contributed by atoms with E-state index in [1.807, 2.05) is 11.1 Å². The predicted molar refractivity (Wildman–Crippen MR) is 66.8 cm³/mol. The zero-order valence-corrected chi connectivity index (χ0v) is 9.61. The van der Waals surface area contributed by atoms with Crippen LogP contribution < -0.4 is 16.6 Å². The summed E-state index contributed by atoms with van der Waals surface area (Å²) in [6.45, 7) is 1.50. The summed E-state index contributed by atoms with van der Waals surface area (Å²) >= 11 is 0. The van der Waals surface area contributed by atoms with Gasteiger partial charge in [-0.2, -0.15) is 0 Å². The molecule has 0 atom stereocenters. The molecule has 0 fully saturated rings. The molecule has 0 saturated heterocycles. The first-order valence-electron chi connectivity index (χ1n) is 5.27. The highest BCUT2D eigenvalue weighted by Crippen LogP contribution is 2.07. The lowest BCUT2D eigenvalue weighted by atomic mass is 10.2. The molecular formula is C12H11N3O3. The maximum atomic E-state index is 11.9. The molecule has 0 aliphatic carbocycles. The minimum atomic E-state index is -0.704. The van der Waals surface area contributed by atoms with E-state index in [4.69, 9.17) is 0 Å². The molecule has 1 aromatic heterocycles. The summed E-state index contributed by atoms with van der Waals surface area (Å²) in [6, 6.07) is 8.74. The van der Waals surface area contributed by atoms with Crippen molar-refractivity contribution < 1.29 is 4.79 Å². The van der Waals surface area contributed by atoms with E-state index < -0.39 is 17.2 Å². The first-order valence-corrected chi connectivity index (χ1v) is 5.27. The van der Waals surface area contributed by atoms with Crippen molar-refractivity contribution in [3.63, 3.8) is 0 Å². The molecule has 1 aromatic carbocycles. The fourth-order valence-corrected chi connectivity index (χ4v) is 1.59. The number of carbonyl (C=O) groups is 1. The molecule has 18 heavy (non-hydrogen) atoms. The van der Waals surface area contributed by atoms with E-state index >= 15 is 0 Å². The van der Waals surface area contributed by atoms with Crippen molar-refractivity contribution in [1.29, 1.82) is 0 Å². The van der Waals surface area contributed by atoms with Crippen molar-refractivity contribution in [2.75, 3.05) is 5.32 Å². The Bertz CT molecular complexity index is 686. The fourth-order valence-electron chi connectivity index (χ4n) is 1.59. The average molecular weight is 245 g/mol. The molecule has 0 aliphatic rings. The molecule has 1 heterocycles. The van der Waals surface area contributed by atoms with E-state index in [2.05, 4.69) is 10.3 Å². The fraction of sp³-hybridized carbons (Fsp3) is 0.0833. The lowest BCUT2D eigenvalue weighted by molar-refractivity contribution is 0.102. The van der Waals surface area contributed by atoms with Crippen LogP contribution in [-0.2, 0) is 0 Å².